The molecule has 1 aliphatic heterocycles. The number of ether oxygens (including phenoxy) is 1. The number of phenols is 1. The number of sulfone groups is 1. The van der Waals surface area contributed by atoms with Gasteiger partial charge < -0.3 is 30.3 Å². The van der Waals surface area contributed by atoms with E-state index in [0.29, 0.717) is 31.1 Å². The first kappa shape index (κ1) is 32.9. The Morgan fingerprint density at radius 3 is 2.24 bits per heavy atom. The van der Waals surface area contributed by atoms with Crippen LogP contribution >= 0.6 is 0 Å². The number of nitrogens with one attached hydrogen (secondary N) is 1. The number of carbonyl (C=O) groups excluding carboxylic acids is 1. The number of nitrogens with zero attached hydrogens (tertiary/aromatic N) is 1. The molecule has 0 radical (unpaired) electrons. The Labute approximate surface area is 265 Å². The number of amides is 1. The molecule has 1 heterocycles. The van der Waals surface area contributed by atoms with E-state index in [1.807, 2.05) is 47.4 Å². The van der Waals surface area contributed by atoms with Crippen LogP contribution in [-0.4, -0.2) is 79.2 Å². The number of rotatable bonds is 11. The van der Waals surface area contributed by atoms with Crippen molar-refractivity contribution in [2.45, 2.75) is 67.6 Å². The van der Waals surface area contributed by atoms with Gasteiger partial charge in [0.25, 0.3) is 5.91 Å². The lowest BCUT2D eigenvalue weighted by Crippen LogP contribution is -2.40. The van der Waals surface area contributed by atoms with Crippen LogP contribution in [0.4, 0.5) is 0 Å². The molecule has 0 aromatic heterocycles. The van der Waals surface area contributed by atoms with Crippen molar-refractivity contribution in [3.8, 4) is 11.5 Å². The Morgan fingerprint density at radius 1 is 0.933 bits per heavy atom. The predicted octanol–water partition coefficient (Wildman–Crippen LogP) is 4.44. The van der Waals surface area contributed by atoms with Gasteiger partial charge in [-0.25, -0.2) is 8.42 Å². The highest BCUT2D eigenvalue weighted by molar-refractivity contribution is 7.90. The number of phenolic OH excluding ortho intramolecular Hbond substituents is 1. The van der Waals surface area contributed by atoms with Gasteiger partial charge in [0.15, 0.2) is 9.84 Å². The quantitative estimate of drug-likeness (QED) is 0.243. The zero-order valence-corrected chi connectivity index (χ0v) is 26.5. The molecule has 4 N–H and O–H groups in total. The highest BCUT2D eigenvalue weighted by atomic mass is 32.2. The molecule has 3 aromatic carbocycles. The molecule has 10 heteroatoms. The fraction of sp³-hybridized carbons (Fsp3) is 0.457. The van der Waals surface area contributed by atoms with Crippen molar-refractivity contribution in [2.75, 3.05) is 32.5 Å². The maximum Gasteiger partial charge on any atom is 0.253 e. The summed E-state index contributed by atoms with van der Waals surface area (Å²) in [7, 11) is -3.60. The highest BCUT2D eigenvalue weighted by Gasteiger charge is 2.29. The first-order valence-corrected chi connectivity index (χ1v) is 17.7. The second kappa shape index (κ2) is 14.8. The third-order valence-corrected chi connectivity index (χ3v) is 10.3. The molecule has 0 spiro atoms. The van der Waals surface area contributed by atoms with Gasteiger partial charge in [0, 0.05) is 43.6 Å². The number of hydrogen-bond donors (Lipinski definition) is 4. The van der Waals surface area contributed by atoms with Gasteiger partial charge in [0.1, 0.15) is 29.1 Å². The molecular formula is C35H44N2O7S. The highest BCUT2D eigenvalue weighted by Crippen LogP contribution is 2.34. The van der Waals surface area contributed by atoms with E-state index >= 15 is 0 Å². The van der Waals surface area contributed by atoms with E-state index in [2.05, 4.69) is 17.4 Å². The van der Waals surface area contributed by atoms with Crippen molar-refractivity contribution < 1.29 is 33.3 Å². The number of likely N-dealkylation sites (tertiary alicyclic amines) is 1. The van der Waals surface area contributed by atoms with E-state index in [4.69, 9.17) is 4.74 Å². The number of hydrogen-bond acceptors (Lipinski definition) is 8. The lowest BCUT2D eigenvalue weighted by atomic mass is 9.81. The van der Waals surface area contributed by atoms with E-state index in [1.54, 1.807) is 0 Å². The van der Waals surface area contributed by atoms with E-state index < -0.39 is 22.0 Å². The Kier molecular flexibility index (Phi) is 10.8. The minimum Gasteiger partial charge on any atom is -0.507 e. The molecule has 9 nitrogen and oxygen atoms in total. The molecule has 0 bridgehead atoms. The van der Waals surface area contributed by atoms with Gasteiger partial charge in [0.2, 0.25) is 0 Å². The monoisotopic (exact) mass is 636 g/mol. The lowest BCUT2D eigenvalue weighted by Gasteiger charge is -2.34. The number of carbonyl (C=O) groups is 1. The normalized spacial score (nSPS) is 20.8. The minimum absolute atomic E-state index is 0.00492. The van der Waals surface area contributed by atoms with Crippen LogP contribution < -0.4 is 10.1 Å². The Bertz CT molecular complexity index is 1520. The summed E-state index contributed by atoms with van der Waals surface area (Å²) < 4.78 is 29.2. The van der Waals surface area contributed by atoms with Crippen LogP contribution in [0.2, 0.25) is 0 Å². The Hall–Kier alpha value is -3.44. The van der Waals surface area contributed by atoms with Crippen molar-refractivity contribution >= 4 is 15.7 Å². The first-order valence-electron chi connectivity index (χ1n) is 15.8. The second-order valence-electron chi connectivity index (χ2n) is 12.4. The second-order valence-corrected chi connectivity index (χ2v) is 14.4. The maximum absolute atomic E-state index is 13.2. The van der Waals surface area contributed by atoms with Gasteiger partial charge in [-0.2, -0.15) is 0 Å². The molecule has 1 unspecified atom stereocenters. The zero-order valence-electron chi connectivity index (χ0n) is 25.7. The third kappa shape index (κ3) is 8.64. The molecule has 2 atom stereocenters. The summed E-state index contributed by atoms with van der Waals surface area (Å²) in [6.07, 6.45) is 5.27. The van der Waals surface area contributed by atoms with Crippen LogP contribution in [0.15, 0.2) is 77.7 Å². The van der Waals surface area contributed by atoms with Crippen LogP contribution in [0.25, 0.3) is 0 Å². The van der Waals surface area contributed by atoms with Crippen LogP contribution in [0, 0.1) is 5.92 Å². The lowest BCUT2D eigenvalue weighted by molar-refractivity contribution is 0.0462. The standard InChI is InChI=1S/C35H44N2O7S/c1-45(42,43)33-21-31(15-16-32(33)39)44-23-30(38)22-36-29-13-11-25(12-14-29)24-7-9-28(10-8-24)35(41)37-19-17-27(18-20-37)34(40)26-5-3-2-4-6-26/h2-10,15-16,21,25,27,29-30,34,36,38-40H,11-14,17-20,22-23H2,1H3/t25?,29?,30-,34?/m1/s1. The topological polar surface area (TPSA) is 136 Å². The van der Waals surface area contributed by atoms with Crippen molar-refractivity contribution in [1.29, 1.82) is 0 Å². The van der Waals surface area contributed by atoms with Crippen molar-refractivity contribution in [2.24, 2.45) is 5.92 Å². The summed E-state index contributed by atoms with van der Waals surface area (Å²) in [5, 5.41) is 34.4. The summed E-state index contributed by atoms with van der Waals surface area (Å²) in [6, 6.07) is 22.1. The average Bonchev–Trinajstić information content (AvgIpc) is 3.06. The van der Waals surface area contributed by atoms with Gasteiger partial charge in [-0.15, -0.1) is 0 Å². The van der Waals surface area contributed by atoms with Crippen molar-refractivity contribution in [3.05, 3.63) is 89.5 Å². The van der Waals surface area contributed by atoms with Gasteiger partial charge in [-0.05, 0) is 85.8 Å². The first-order chi connectivity index (χ1) is 21.6. The van der Waals surface area contributed by atoms with Gasteiger partial charge >= 0.3 is 0 Å². The summed E-state index contributed by atoms with van der Waals surface area (Å²) in [4.78, 5) is 14.9. The summed E-state index contributed by atoms with van der Waals surface area (Å²) in [5.41, 5.74) is 2.88. The summed E-state index contributed by atoms with van der Waals surface area (Å²) in [5.74, 6) is 0.561. The molecule has 1 saturated carbocycles. The van der Waals surface area contributed by atoms with Crippen LogP contribution in [0.5, 0.6) is 11.5 Å². The largest absolute Gasteiger partial charge is 0.507 e. The van der Waals surface area contributed by atoms with E-state index in [0.717, 1.165) is 50.3 Å². The number of benzene rings is 3. The molecular weight excluding hydrogens is 592 g/mol. The van der Waals surface area contributed by atoms with Crippen LogP contribution in [0.3, 0.4) is 0 Å². The Balaban J connectivity index is 1.02. The number of aliphatic hydroxyl groups is 2. The molecule has 5 rings (SSSR count). The molecule has 1 amide bonds. The molecule has 45 heavy (non-hydrogen) atoms. The minimum atomic E-state index is -3.60. The SMILES string of the molecule is CS(=O)(=O)c1cc(OC[C@H](O)CNC2CCC(c3ccc(C(=O)N4CCC(C(O)c5ccccc5)CC4)cc3)CC2)ccc1O. The predicted molar refractivity (Wildman–Crippen MR) is 172 cm³/mol. The maximum atomic E-state index is 13.2. The summed E-state index contributed by atoms with van der Waals surface area (Å²) >= 11 is 0. The smallest absolute Gasteiger partial charge is 0.253 e. The molecule has 1 aliphatic carbocycles. The molecule has 3 aromatic rings. The summed E-state index contributed by atoms with van der Waals surface area (Å²) in [6.45, 7) is 1.64. The zero-order chi connectivity index (χ0) is 32.0. The van der Waals surface area contributed by atoms with E-state index in [-0.39, 0.29) is 40.9 Å². The number of aliphatic hydroxyl groups excluding tert-OH is 2. The number of piperidine rings is 1. The van der Waals surface area contributed by atoms with Crippen LogP contribution in [-0.2, 0) is 9.84 Å². The molecule has 1 saturated heterocycles. The molecule has 2 aliphatic rings. The van der Waals surface area contributed by atoms with E-state index in [9.17, 15) is 28.5 Å². The van der Waals surface area contributed by atoms with E-state index in [1.165, 1.54) is 23.8 Å². The van der Waals surface area contributed by atoms with Gasteiger partial charge in [-0.3, -0.25) is 4.79 Å². The van der Waals surface area contributed by atoms with Crippen molar-refractivity contribution in [1.82, 2.24) is 10.2 Å². The fourth-order valence-electron chi connectivity index (χ4n) is 6.49. The Morgan fingerprint density at radius 2 is 1.60 bits per heavy atom. The third-order valence-electron chi connectivity index (χ3n) is 9.19. The number of aromatic hydroxyl groups is 1. The molecule has 2 fully saturated rings. The molecule has 242 valence electrons. The van der Waals surface area contributed by atoms with Crippen LogP contribution in [0.1, 0.15) is 72.0 Å². The fourth-order valence-corrected chi connectivity index (χ4v) is 7.27. The van der Waals surface area contributed by atoms with Crippen molar-refractivity contribution in [3.63, 3.8) is 0 Å². The average molecular weight is 637 g/mol. The van der Waals surface area contributed by atoms with Gasteiger partial charge in [-0.1, -0.05) is 42.5 Å². The van der Waals surface area contributed by atoms with Gasteiger partial charge in [0.05, 0.1) is 6.10 Å².